The molecule has 1 aromatic rings. The maximum Gasteiger partial charge on any atom is 0.309 e. The third kappa shape index (κ3) is 3.53. The lowest BCUT2D eigenvalue weighted by Crippen LogP contribution is -2.23. The van der Waals surface area contributed by atoms with E-state index in [9.17, 15) is 9.59 Å². The van der Waals surface area contributed by atoms with E-state index in [1.807, 2.05) is 4.57 Å². The molecule has 0 aliphatic heterocycles. The highest BCUT2D eigenvalue weighted by Crippen LogP contribution is 2.22. The van der Waals surface area contributed by atoms with Crippen LogP contribution in [-0.4, -0.2) is 15.6 Å². The van der Waals surface area contributed by atoms with E-state index in [1.165, 1.54) is 12.1 Å². The summed E-state index contributed by atoms with van der Waals surface area (Å²) in [6, 6.07) is 3.00. The highest BCUT2D eigenvalue weighted by Gasteiger charge is 2.25. The Kier molecular flexibility index (Phi) is 3.88. The molecule has 1 aromatic heterocycles. The van der Waals surface area contributed by atoms with Crippen molar-refractivity contribution < 1.29 is 9.90 Å². The van der Waals surface area contributed by atoms with Gasteiger partial charge in [0, 0.05) is 31.1 Å². The lowest BCUT2D eigenvalue weighted by atomic mass is 9.88. The molecule has 0 saturated carbocycles. The molecule has 0 amide bonds. The minimum absolute atomic E-state index is 0.0119. The number of hydrogen-bond donors (Lipinski definition) is 1. The molecule has 0 aliphatic rings. The summed E-state index contributed by atoms with van der Waals surface area (Å²) in [6.07, 6.45) is 4.84. The Hall–Kier alpha value is -1.58. The zero-order chi connectivity index (χ0) is 12.2. The van der Waals surface area contributed by atoms with E-state index in [0.717, 1.165) is 13.0 Å². The van der Waals surface area contributed by atoms with Gasteiger partial charge in [-0.1, -0.05) is 0 Å². The summed E-state index contributed by atoms with van der Waals surface area (Å²) in [7, 11) is 0. The number of aliphatic carboxylic acids is 1. The Morgan fingerprint density at radius 2 is 1.94 bits per heavy atom. The van der Waals surface area contributed by atoms with Crippen LogP contribution < -0.4 is 5.43 Å². The second-order valence-corrected chi connectivity index (χ2v) is 4.56. The molecule has 0 atom stereocenters. The monoisotopic (exact) mass is 223 g/mol. The van der Waals surface area contributed by atoms with E-state index in [0.29, 0.717) is 6.42 Å². The van der Waals surface area contributed by atoms with Gasteiger partial charge in [-0.15, -0.1) is 0 Å². The zero-order valence-corrected chi connectivity index (χ0v) is 9.64. The largest absolute Gasteiger partial charge is 0.481 e. The van der Waals surface area contributed by atoms with Crippen LogP contribution in [0, 0.1) is 5.41 Å². The van der Waals surface area contributed by atoms with Gasteiger partial charge in [-0.3, -0.25) is 9.59 Å². The van der Waals surface area contributed by atoms with Gasteiger partial charge < -0.3 is 9.67 Å². The molecule has 0 bridgehead atoms. The van der Waals surface area contributed by atoms with Gasteiger partial charge in [0.25, 0.3) is 0 Å². The van der Waals surface area contributed by atoms with Crippen molar-refractivity contribution in [3.05, 3.63) is 34.7 Å². The van der Waals surface area contributed by atoms with Crippen molar-refractivity contribution in [3.8, 4) is 0 Å². The summed E-state index contributed by atoms with van der Waals surface area (Å²) in [5, 5.41) is 8.93. The zero-order valence-electron chi connectivity index (χ0n) is 9.64. The molecule has 0 saturated heterocycles. The Morgan fingerprint density at radius 3 is 2.44 bits per heavy atom. The van der Waals surface area contributed by atoms with Crippen molar-refractivity contribution in [2.24, 2.45) is 5.41 Å². The minimum Gasteiger partial charge on any atom is -0.481 e. The van der Waals surface area contributed by atoms with Crippen LogP contribution in [0.2, 0.25) is 0 Å². The van der Waals surface area contributed by atoms with E-state index in [2.05, 4.69) is 0 Å². The van der Waals surface area contributed by atoms with Gasteiger partial charge in [0.15, 0.2) is 5.43 Å². The van der Waals surface area contributed by atoms with Crippen molar-refractivity contribution >= 4 is 5.97 Å². The van der Waals surface area contributed by atoms with Crippen molar-refractivity contribution in [2.45, 2.75) is 33.2 Å². The molecule has 16 heavy (non-hydrogen) atoms. The predicted molar refractivity (Wildman–Crippen MR) is 61.4 cm³/mol. The molecule has 1 rings (SSSR count). The minimum atomic E-state index is -0.771. The second kappa shape index (κ2) is 4.96. The molecule has 0 fully saturated rings. The number of carboxylic acid groups (broad SMARTS) is 1. The maximum absolute atomic E-state index is 10.9. The third-order valence-corrected chi connectivity index (χ3v) is 2.66. The Balaban J connectivity index is 2.44. The van der Waals surface area contributed by atoms with Gasteiger partial charge in [-0.05, 0) is 26.7 Å². The van der Waals surface area contributed by atoms with Crippen molar-refractivity contribution in [1.82, 2.24) is 4.57 Å². The first kappa shape index (κ1) is 12.5. The van der Waals surface area contributed by atoms with Gasteiger partial charge in [-0.2, -0.15) is 0 Å². The van der Waals surface area contributed by atoms with E-state index >= 15 is 0 Å². The number of aromatic nitrogens is 1. The lowest BCUT2D eigenvalue weighted by Gasteiger charge is -2.18. The van der Waals surface area contributed by atoms with Crippen LogP contribution in [0.4, 0.5) is 0 Å². The first-order valence-electron chi connectivity index (χ1n) is 5.31. The summed E-state index contributed by atoms with van der Waals surface area (Å²) in [6.45, 7) is 4.18. The predicted octanol–water partition coefficient (Wildman–Crippen LogP) is 1.74. The molecule has 4 nitrogen and oxygen atoms in total. The van der Waals surface area contributed by atoms with Gasteiger partial charge >= 0.3 is 5.97 Å². The Morgan fingerprint density at radius 1 is 1.38 bits per heavy atom. The van der Waals surface area contributed by atoms with E-state index in [1.54, 1.807) is 26.2 Å². The van der Waals surface area contributed by atoms with Crippen LogP contribution in [-0.2, 0) is 11.3 Å². The third-order valence-electron chi connectivity index (χ3n) is 2.66. The highest BCUT2D eigenvalue weighted by atomic mass is 16.4. The molecule has 1 heterocycles. The first-order chi connectivity index (χ1) is 7.42. The number of aryl methyl sites for hydroxylation is 1. The smallest absolute Gasteiger partial charge is 0.309 e. The average molecular weight is 223 g/mol. The second-order valence-electron chi connectivity index (χ2n) is 4.56. The van der Waals surface area contributed by atoms with Crippen molar-refractivity contribution in [2.75, 3.05) is 0 Å². The fourth-order valence-electron chi connectivity index (χ4n) is 1.40. The number of carbonyl (C=O) groups is 1. The number of pyridine rings is 1. The molecule has 4 heteroatoms. The Labute approximate surface area is 94.5 Å². The van der Waals surface area contributed by atoms with Crippen LogP contribution >= 0.6 is 0 Å². The normalized spacial score (nSPS) is 11.4. The maximum atomic E-state index is 10.9. The first-order valence-corrected chi connectivity index (χ1v) is 5.31. The molecular weight excluding hydrogens is 206 g/mol. The van der Waals surface area contributed by atoms with E-state index in [4.69, 9.17) is 5.11 Å². The van der Waals surface area contributed by atoms with E-state index < -0.39 is 11.4 Å². The number of nitrogens with zero attached hydrogens (tertiary/aromatic N) is 1. The van der Waals surface area contributed by atoms with E-state index in [-0.39, 0.29) is 5.43 Å². The fourth-order valence-corrected chi connectivity index (χ4v) is 1.40. The summed E-state index contributed by atoms with van der Waals surface area (Å²) < 4.78 is 1.89. The topological polar surface area (TPSA) is 59.3 Å². The van der Waals surface area contributed by atoms with Crippen molar-refractivity contribution in [1.29, 1.82) is 0 Å². The van der Waals surface area contributed by atoms with Crippen LogP contribution in [0.1, 0.15) is 26.7 Å². The molecule has 0 radical (unpaired) electrons. The fraction of sp³-hybridized carbons (Fsp3) is 0.500. The van der Waals surface area contributed by atoms with Gasteiger partial charge in [0.05, 0.1) is 5.41 Å². The molecule has 0 aliphatic carbocycles. The summed E-state index contributed by atoms with van der Waals surface area (Å²) in [5.41, 5.74) is -0.693. The summed E-state index contributed by atoms with van der Waals surface area (Å²) in [4.78, 5) is 21.7. The Bertz CT molecular complexity index is 400. The van der Waals surface area contributed by atoms with Gasteiger partial charge in [-0.25, -0.2) is 0 Å². The number of carboxylic acids is 1. The SMILES string of the molecule is CC(C)(CCCn1ccc(=O)cc1)C(=O)O. The summed E-state index contributed by atoms with van der Waals surface area (Å²) >= 11 is 0. The van der Waals surface area contributed by atoms with Crippen LogP contribution in [0.15, 0.2) is 29.3 Å². The molecule has 0 spiro atoms. The molecule has 0 aromatic carbocycles. The molecule has 88 valence electrons. The van der Waals surface area contributed by atoms with Gasteiger partial charge in [0.2, 0.25) is 0 Å². The van der Waals surface area contributed by atoms with Gasteiger partial charge in [0.1, 0.15) is 0 Å². The van der Waals surface area contributed by atoms with Crippen LogP contribution in [0.25, 0.3) is 0 Å². The van der Waals surface area contributed by atoms with Crippen LogP contribution in [0.3, 0.4) is 0 Å². The molecular formula is C12H17NO3. The standard InChI is InChI=1S/C12H17NO3/c1-12(2,11(15)16)6-3-7-13-8-4-10(14)5-9-13/h4-5,8-9H,3,6-7H2,1-2H3,(H,15,16). The van der Waals surface area contributed by atoms with Crippen molar-refractivity contribution in [3.63, 3.8) is 0 Å². The highest BCUT2D eigenvalue weighted by molar-refractivity contribution is 5.73. The quantitative estimate of drug-likeness (QED) is 0.827. The summed E-state index contributed by atoms with van der Waals surface area (Å²) in [5.74, 6) is -0.771. The molecule has 1 N–H and O–H groups in total. The lowest BCUT2D eigenvalue weighted by molar-refractivity contribution is -0.147. The average Bonchev–Trinajstić information content (AvgIpc) is 2.20. The number of hydrogen-bond acceptors (Lipinski definition) is 2. The number of rotatable bonds is 5. The molecule has 0 unspecified atom stereocenters. The van der Waals surface area contributed by atoms with Crippen LogP contribution in [0.5, 0.6) is 0 Å².